The predicted molar refractivity (Wildman–Crippen MR) is 115 cm³/mol. The SMILES string of the molecule is C=CCCCCCCCCCBr.C=CCCCCCCCCCO. The molecule has 0 rings (SSSR count). The maximum absolute atomic E-state index is 8.53. The van der Waals surface area contributed by atoms with E-state index in [9.17, 15) is 0 Å². The highest BCUT2D eigenvalue weighted by molar-refractivity contribution is 9.09. The standard InChI is InChI=1S/C11H21Br.C11H22O/c2*1-2-3-4-5-6-7-8-9-10-11-12/h2H,1,3-11H2;2,12H,1,3-11H2. The lowest BCUT2D eigenvalue weighted by molar-refractivity contribution is 0.282. The van der Waals surface area contributed by atoms with Crippen LogP contribution in [0, 0.1) is 0 Å². The van der Waals surface area contributed by atoms with Crippen molar-refractivity contribution in [2.75, 3.05) is 11.9 Å². The minimum absolute atomic E-state index is 0.358. The average molecular weight is 403 g/mol. The third kappa shape index (κ3) is 29.9. The van der Waals surface area contributed by atoms with E-state index in [-0.39, 0.29) is 0 Å². The molecule has 0 aliphatic carbocycles. The van der Waals surface area contributed by atoms with E-state index in [2.05, 4.69) is 29.1 Å². The van der Waals surface area contributed by atoms with Crippen molar-refractivity contribution < 1.29 is 5.11 Å². The van der Waals surface area contributed by atoms with Gasteiger partial charge in [-0.2, -0.15) is 0 Å². The van der Waals surface area contributed by atoms with Gasteiger partial charge in [-0.3, -0.25) is 0 Å². The molecule has 0 spiro atoms. The summed E-state index contributed by atoms with van der Waals surface area (Å²) >= 11 is 3.44. The van der Waals surface area contributed by atoms with Gasteiger partial charge >= 0.3 is 0 Å². The Hall–Kier alpha value is -0.0800. The number of unbranched alkanes of at least 4 members (excludes halogenated alkanes) is 14. The first-order valence-electron chi connectivity index (χ1n) is 10.2. The van der Waals surface area contributed by atoms with E-state index in [1.807, 2.05) is 12.2 Å². The summed E-state index contributed by atoms with van der Waals surface area (Å²) in [5.41, 5.74) is 0. The highest BCUT2D eigenvalue weighted by Crippen LogP contribution is 2.09. The Balaban J connectivity index is 0. The summed E-state index contributed by atoms with van der Waals surface area (Å²) in [7, 11) is 0. The molecule has 24 heavy (non-hydrogen) atoms. The lowest BCUT2D eigenvalue weighted by atomic mass is 10.1. The summed E-state index contributed by atoms with van der Waals surface area (Å²) < 4.78 is 0. The Labute approximate surface area is 161 Å². The molecule has 0 aromatic rings. The van der Waals surface area contributed by atoms with E-state index in [0.29, 0.717) is 6.61 Å². The quantitative estimate of drug-likeness (QED) is 0.140. The first-order chi connectivity index (χ1) is 11.8. The van der Waals surface area contributed by atoms with Gasteiger partial charge in [-0.05, 0) is 38.5 Å². The van der Waals surface area contributed by atoms with Crippen LogP contribution in [-0.4, -0.2) is 17.0 Å². The van der Waals surface area contributed by atoms with Crippen molar-refractivity contribution in [1.29, 1.82) is 0 Å². The molecule has 0 unspecified atom stereocenters. The monoisotopic (exact) mass is 402 g/mol. The zero-order chi connectivity index (χ0) is 18.1. The summed E-state index contributed by atoms with van der Waals surface area (Å²) in [5.74, 6) is 0. The third-order valence-corrected chi connectivity index (χ3v) is 4.67. The van der Waals surface area contributed by atoms with Crippen molar-refractivity contribution in [3.8, 4) is 0 Å². The number of aliphatic hydroxyl groups excluding tert-OH is 1. The molecule has 0 aromatic heterocycles. The summed E-state index contributed by atoms with van der Waals surface area (Å²) in [6.07, 6.45) is 24.8. The van der Waals surface area contributed by atoms with E-state index < -0.39 is 0 Å². The summed E-state index contributed by atoms with van der Waals surface area (Å²) in [4.78, 5) is 0. The van der Waals surface area contributed by atoms with Crippen LogP contribution in [0.15, 0.2) is 25.3 Å². The van der Waals surface area contributed by atoms with Crippen molar-refractivity contribution in [2.45, 2.75) is 103 Å². The Morgan fingerprint density at radius 2 is 0.875 bits per heavy atom. The molecule has 1 N–H and O–H groups in total. The van der Waals surface area contributed by atoms with Crippen LogP contribution in [0.2, 0.25) is 0 Å². The Morgan fingerprint density at radius 1 is 0.542 bits per heavy atom. The average Bonchev–Trinajstić information content (AvgIpc) is 2.60. The fraction of sp³-hybridized carbons (Fsp3) is 0.818. The molecule has 0 radical (unpaired) electrons. The maximum Gasteiger partial charge on any atom is 0.0431 e. The number of aliphatic hydroxyl groups is 1. The molecule has 144 valence electrons. The minimum Gasteiger partial charge on any atom is -0.396 e. The van der Waals surface area contributed by atoms with Crippen LogP contribution < -0.4 is 0 Å². The summed E-state index contributed by atoms with van der Waals surface area (Å²) in [6, 6.07) is 0. The molecule has 0 aliphatic heterocycles. The third-order valence-electron chi connectivity index (χ3n) is 4.11. The van der Waals surface area contributed by atoms with E-state index in [4.69, 9.17) is 5.11 Å². The second-order valence-corrected chi connectivity index (χ2v) is 7.31. The van der Waals surface area contributed by atoms with Crippen LogP contribution >= 0.6 is 15.9 Å². The fourth-order valence-electron chi connectivity index (χ4n) is 2.55. The molecule has 0 bridgehead atoms. The van der Waals surface area contributed by atoms with Gasteiger partial charge in [-0.1, -0.05) is 92.3 Å². The Morgan fingerprint density at radius 3 is 1.21 bits per heavy atom. The topological polar surface area (TPSA) is 20.2 Å². The highest BCUT2D eigenvalue weighted by Gasteiger charge is 1.90. The molecule has 0 fully saturated rings. The van der Waals surface area contributed by atoms with Gasteiger partial charge in [0.25, 0.3) is 0 Å². The lowest BCUT2D eigenvalue weighted by Gasteiger charge is -1.99. The predicted octanol–water partition coefficient (Wildman–Crippen LogP) is 7.97. The Kier molecular flexibility index (Phi) is 30.2. The van der Waals surface area contributed by atoms with Crippen molar-refractivity contribution in [3.63, 3.8) is 0 Å². The number of allylic oxidation sites excluding steroid dienone is 2. The number of halogens is 1. The summed E-state index contributed by atoms with van der Waals surface area (Å²) in [5, 5.41) is 9.70. The minimum atomic E-state index is 0.358. The first-order valence-corrected chi connectivity index (χ1v) is 11.3. The molecule has 2 heteroatoms. The van der Waals surface area contributed by atoms with Gasteiger partial charge in [-0.25, -0.2) is 0 Å². The van der Waals surface area contributed by atoms with Crippen molar-refractivity contribution in [1.82, 2.24) is 0 Å². The van der Waals surface area contributed by atoms with E-state index in [1.54, 1.807) is 0 Å². The second kappa shape index (κ2) is 27.8. The van der Waals surface area contributed by atoms with Crippen LogP contribution in [-0.2, 0) is 0 Å². The van der Waals surface area contributed by atoms with Gasteiger partial charge in [0.2, 0.25) is 0 Å². The Bertz CT molecular complexity index is 204. The van der Waals surface area contributed by atoms with Crippen molar-refractivity contribution >= 4 is 15.9 Å². The molecular formula is C22H43BrO. The smallest absolute Gasteiger partial charge is 0.0431 e. The largest absolute Gasteiger partial charge is 0.396 e. The van der Waals surface area contributed by atoms with Crippen molar-refractivity contribution in [3.05, 3.63) is 25.3 Å². The number of rotatable bonds is 18. The molecule has 0 aliphatic rings. The molecule has 0 heterocycles. The van der Waals surface area contributed by atoms with Crippen LogP contribution in [0.3, 0.4) is 0 Å². The number of alkyl halides is 1. The van der Waals surface area contributed by atoms with Gasteiger partial charge < -0.3 is 5.11 Å². The zero-order valence-electron chi connectivity index (χ0n) is 16.1. The normalized spacial score (nSPS) is 10.1. The van der Waals surface area contributed by atoms with Crippen LogP contribution in [0.1, 0.15) is 103 Å². The van der Waals surface area contributed by atoms with Gasteiger partial charge in [0.15, 0.2) is 0 Å². The molecule has 0 atom stereocenters. The maximum atomic E-state index is 8.53. The molecule has 0 amide bonds. The van der Waals surface area contributed by atoms with Gasteiger partial charge in [0.1, 0.15) is 0 Å². The fourth-order valence-corrected chi connectivity index (χ4v) is 2.95. The second-order valence-electron chi connectivity index (χ2n) is 6.52. The molecule has 0 saturated heterocycles. The first kappa shape index (κ1) is 26.2. The zero-order valence-corrected chi connectivity index (χ0v) is 17.7. The van der Waals surface area contributed by atoms with Gasteiger partial charge in [-0.15, -0.1) is 13.2 Å². The number of hydrogen-bond donors (Lipinski definition) is 1. The van der Waals surface area contributed by atoms with Gasteiger partial charge in [0, 0.05) is 11.9 Å². The van der Waals surface area contributed by atoms with Crippen LogP contribution in [0.4, 0.5) is 0 Å². The molecule has 0 saturated carbocycles. The molecule has 1 nitrogen and oxygen atoms in total. The lowest BCUT2D eigenvalue weighted by Crippen LogP contribution is -1.83. The number of hydrogen-bond acceptors (Lipinski definition) is 1. The van der Waals surface area contributed by atoms with Crippen LogP contribution in [0.25, 0.3) is 0 Å². The molecular weight excluding hydrogens is 360 g/mol. The summed E-state index contributed by atoms with van der Waals surface area (Å²) in [6.45, 7) is 7.76. The van der Waals surface area contributed by atoms with E-state index in [1.165, 1.54) is 95.2 Å². The van der Waals surface area contributed by atoms with E-state index in [0.717, 1.165) is 12.8 Å². The molecule has 0 aromatic carbocycles. The van der Waals surface area contributed by atoms with Gasteiger partial charge in [0.05, 0.1) is 0 Å². The van der Waals surface area contributed by atoms with E-state index >= 15 is 0 Å². The highest BCUT2D eigenvalue weighted by atomic mass is 79.9. The van der Waals surface area contributed by atoms with Crippen LogP contribution in [0.5, 0.6) is 0 Å². The van der Waals surface area contributed by atoms with Crippen molar-refractivity contribution in [2.24, 2.45) is 0 Å².